The van der Waals surface area contributed by atoms with Crippen molar-refractivity contribution in [1.82, 2.24) is 4.98 Å². The number of nitriles is 1. The molecule has 4 heteroatoms. The highest BCUT2D eigenvalue weighted by molar-refractivity contribution is 5.43. The van der Waals surface area contributed by atoms with Crippen molar-refractivity contribution < 1.29 is 9.47 Å². The molecule has 1 rings (SSSR count). The van der Waals surface area contributed by atoms with E-state index in [4.69, 9.17) is 14.7 Å². The predicted octanol–water partition coefficient (Wildman–Crippen LogP) is 2.07. The Hall–Kier alpha value is -1.60. The average Bonchev–Trinajstić information content (AvgIpc) is 2.27. The fourth-order valence-electron chi connectivity index (χ4n) is 1.27. The van der Waals surface area contributed by atoms with Crippen molar-refractivity contribution in [3.8, 4) is 11.9 Å². The molecule has 1 unspecified atom stereocenters. The van der Waals surface area contributed by atoms with Gasteiger partial charge in [0.05, 0.1) is 6.61 Å². The molecule has 0 N–H and O–H groups in total. The molecule has 1 aromatic heterocycles. The van der Waals surface area contributed by atoms with E-state index in [9.17, 15) is 0 Å². The number of rotatable bonds is 5. The third kappa shape index (κ3) is 3.21. The summed E-state index contributed by atoms with van der Waals surface area (Å²) in [6.45, 7) is 6.83. The van der Waals surface area contributed by atoms with E-state index in [1.807, 2.05) is 20.8 Å². The largest absolute Gasteiger partial charge is 0.471 e. The topological polar surface area (TPSA) is 55.1 Å². The van der Waals surface area contributed by atoms with Crippen LogP contribution in [0.15, 0.2) is 12.3 Å². The molecule has 0 aliphatic carbocycles. The second-order valence-electron chi connectivity index (χ2n) is 3.51. The van der Waals surface area contributed by atoms with Gasteiger partial charge in [-0.25, -0.2) is 4.98 Å². The summed E-state index contributed by atoms with van der Waals surface area (Å²) in [7, 11) is 0. The Morgan fingerprint density at radius 3 is 2.94 bits per heavy atom. The molecule has 1 heterocycles. The second kappa shape index (κ2) is 6.09. The Balaban J connectivity index is 2.74. The minimum Gasteiger partial charge on any atom is -0.471 e. The molecule has 0 aliphatic heterocycles. The molecule has 0 aliphatic rings. The van der Waals surface area contributed by atoms with Crippen molar-refractivity contribution >= 4 is 0 Å². The van der Waals surface area contributed by atoms with Gasteiger partial charge in [0.2, 0.25) is 5.88 Å². The number of aromatic nitrogens is 1. The summed E-state index contributed by atoms with van der Waals surface area (Å²) in [5.41, 5.74) is 1.36. The molecule has 0 amide bonds. The molecule has 0 saturated heterocycles. The highest BCUT2D eigenvalue weighted by Crippen LogP contribution is 2.18. The van der Waals surface area contributed by atoms with Crippen molar-refractivity contribution in [1.29, 1.82) is 5.26 Å². The fraction of sp³-hybridized carbons (Fsp3) is 0.500. The normalized spacial score (nSPS) is 11.9. The van der Waals surface area contributed by atoms with Gasteiger partial charge in [0.25, 0.3) is 0 Å². The summed E-state index contributed by atoms with van der Waals surface area (Å²) in [6.07, 6.45) is 1.53. The van der Waals surface area contributed by atoms with Crippen LogP contribution in [0.2, 0.25) is 0 Å². The fourth-order valence-corrected chi connectivity index (χ4v) is 1.27. The quantitative estimate of drug-likeness (QED) is 0.762. The standard InChI is InChI=1S/C12H16N2O2/c1-4-15-8-10(3)16-12-11(7-13)9(2)5-6-14-12/h5-6,10H,4,8H2,1-3H3. The van der Waals surface area contributed by atoms with Crippen molar-refractivity contribution in [2.75, 3.05) is 13.2 Å². The SMILES string of the molecule is CCOCC(C)Oc1nccc(C)c1C#N. The number of hydrogen-bond acceptors (Lipinski definition) is 4. The Morgan fingerprint density at radius 1 is 1.56 bits per heavy atom. The number of nitrogens with zero attached hydrogens (tertiary/aromatic N) is 2. The first-order chi connectivity index (χ1) is 7.69. The molecule has 0 aromatic carbocycles. The molecule has 86 valence electrons. The lowest BCUT2D eigenvalue weighted by Gasteiger charge is -2.14. The molecular formula is C12H16N2O2. The lowest BCUT2D eigenvalue weighted by Crippen LogP contribution is -2.20. The van der Waals surface area contributed by atoms with Gasteiger partial charge in [-0.3, -0.25) is 0 Å². The van der Waals surface area contributed by atoms with Crippen LogP contribution in [-0.4, -0.2) is 24.3 Å². The number of hydrogen-bond donors (Lipinski definition) is 0. The maximum atomic E-state index is 8.99. The second-order valence-corrected chi connectivity index (χ2v) is 3.51. The Labute approximate surface area is 95.8 Å². The number of ether oxygens (including phenoxy) is 2. The monoisotopic (exact) mass is 220 g/mol. The van der Waals surface area contributed by atoms with E-state index in [1.54, 1.807) is 12.3 Å². The van der Waals surface area contributed by atoms with Crippen molar-refractivity contribution in [2.45, 2.75) is 26.9 Å². The molecule has 0 radical (unpaired) electrons. The summed E-state index contributed by atoms with van der Waals surface area (Å²) in [4.78, 5) is 4.06. The summed E-state index contributed by atoms with van der Waals surface area (Å²) < 4.78 is 10.8. The van der Waals surface area contributed by atoms with Crippen LogP contribution in [0, 0.1) is 18.3 Å². The van der Waals surface area contributed by atoms with Crippen molar-refractivity contribution in [3.05, 3.63) is 23.4 Å². The van der Waals surface area contributed by atoms with Gasteiger partial charge in [0.1, 0.15) is 17.7 Å². The summed E-state index contributed by atoms with van der Waals surface area (Å²) in [6, 6.07) is 3.89. The van der Waals surface area contributed by atoms with Crippen LogP contribution >= 0.6 is 0 Å². The van der Waals surface area contributed by atoms with Crippen molar-refractivity contribution in [2.24, 2.45) is 0 Å². The van der Waals surface area contributed by atoms with Crippen LogP contribution in [0.1, 0.15) is 25.0 Å². The lowest BCUT2D eigenvalue weighted by molar-refractivity contribution is 0.0631. The molecule has 16 heavy (non-hydrogen) atoms. The first kappa shape index (κ1) is 12.5. The third-order valence-corrected chi connectivity index (χ3v) is 2.11. The van der Waals surface area contributed by atoms with Gasteiger partial charge >= 0.3 is 0 Å². The molecule has 4 nitrogen and oxygen atoms in total. The Bertz CT molecular complexity index is 385. The van der Waals surface area contributed by atoms with E-state index < -0.39 is 0 Å². The molecule has 0 fully saturated rings. The van der Waals surface area contributed by atoms with E-state index in [2.05, 4.69) is 11.1 Å². The van der Waals surface area contributed by atoms with Gasteiger partial charge in [0, 0.05) is 12.8 Å². The van der Waals surface area contributed by atoms with Gasteiger partial charge < -0.3 is 9.47 Å². The molecule has 0 saturated carbocycles. The first-order valence-corrected chi connectivity index (χ1v) is 5.29. The van der Waals surface area contributed by atoms with Crippen LogP contribution in [-0.2, 0) is 4.74 Å². The summed E-state index contributed by atoms with van der Waals surface area (Å²) in [5.74, 6) is 0.384. The van der Waals surface area contributed by atoms with Gasteiger partial charge in [0.15, 0.2) is 0 Å². The minimum atomic E-state index is -0.110. The zero-order chi connectivity index (χ0) is 12.0. The van der Waals surface area contributed by atoms with Gasteiger partial charge in [-0.1, -0.05) is 0 Å². The van der Waals surface area contributed by atoms with Gasteiger partial charge in [-0.15, -0.1) is 0 Å². The third-order valence-electron chi connectivity index (χ3n) is 2.11. The van der Waals surface area contributed by atoms with E-state index in [0.29, 0.717) is 24.7 Å². The average molecular weight is 220 g/mol. The smallest absolute Gasteiger partial charge is 0.232 e. The zero-order valence-corrected chi connectivity index (χ0v) is 9.86. The molecule has 1 aromatic rings. The first-order valence-electron chi connectivity index (χ1n) is 5.29. The van der Waals surface area contributed by atoms with Crippen LogP contribution in [0.25, 0.3) is 0 Å². The highest BCUT2D eigenvalue weighted by atomic mass is 16.5. The number of pyridine rings is 1. The molecule has 1 atom stereocenters. The zero-order valence-electron chi connectivity index (χ0n) is 9.86. The van der Waals surface area contributed by atoms with Crippen LogP contribution < -0.4 is 4.74 Å². The van der Waals surface area contributed by atoms with E-state index in [0.717, 1.165) is 5.56 Å². The minimum absolute atomic E-state index is 0.110. The maximum Gasteiger partial charge on any atom is 0.232 e. The highest BCUT2D eigenvalue weighted by Gasteiger charge is 2.11. The number of aryl methyl sites for hydroxylation is 1. The molecule has 0 bridgehead atoms. The van der Waals surface area contributed by atoms with Crippen LogP contribution in [0.3, 0.4) is 0 Å². The van der Waals surface area contributed by atoms with Crippen LogP contribution in [0.4, 0.5) is 0 Å². The van der Waals surface area contributed by atoms with Gasteiger partial charge in [-0.2, -0.15) is 5.26 Å². The summed E-state index contributed by atoms with van der Waals surface area (Å²) >= 11 is 0. The summed E-state index contributed by atoms with van der Waals surface area (Å²) in [5, 5.41) is 8.99. The Morgan fingerprint density at radius 2 is 2.31 bits per heavy atom. The maximum absolute atomic E-state index is 8.99. The van der Waals surface area contributed by atoms with E-state index >= 15 is 0 Å². The van der Waals surface area contributed by atoms with Crippen LogP contribution in [0.5, 0.6) is 5.88 Å². The van der Waals surface area contributed by atoms with Gasteiger partial charge in [-0.05, 0) is 32.4 Å². The lowest BCUT2D eigenvalue weighted by atomic mass is 10.2. The Kier molecular flexibility index (Phi) is 4.74. The van der Waals surface area contributed by atoms with E-state index in [1.165, 1.54) is 0 Å². The van der Waals surface area contributed by atoms with E-state index in [-0.39, 0.29) is 6.10 Å². The predicted molar refractivity (Wildman–Crippen MR) is 60.3 cm³/mol. The molecular weight excluding hydrogens is 204 g/mol. The van der Waals surface area contributed by atoms with Crippen molar-refractivity contribution in [3.63, 3.8) is 0 Å². The molecule has 0 spiro atoms.